The molecular formula is C27H23FN2O6. The number of ether oxygens (including phenoxy) is 2. The summed E-state index contributed by atoms with van der Waals surface area (Å²) < 4.78 is 25.2. The second-order valence-corrected chi connectivity index (χ2v) is 8.69. The maximum Gasteiger partial charge on any atom is 0.331 e. The average Bonchev–Trinajstić information content (AvgIpc) is 3.39. The lowest BCUT2D eigenvalue weighted by Crippen LogP contribution is -2.53. The molecule has 0 spiro atoms. The number of esters is 1. The molecule has 2 fully saturated rings. The first kappa shape index (κ1) is 23.5. The third-order valence-electron chi connectivity index (χ3n) is 6.95. The van der Waals surface area contributed by atoms with E-state index in [1.54, 1.807) is 36.4 Å². The van der Waals surface area contributed by atoms with Crippen molar-refractivity contribution in [3.63, 3.8) is 0 Å². The van der Waals surface area contributed by atoms with Gasteiger partial charge in [0.05, 0.1) is 31.7 Å². The molecule has 2 aliphatic heterocycles. The zero-order valence-electron chi connectivity index (χ0n) is 19.5. The standard InChI is InChI=1S/C27H23FN2O6/c1-35-20-14-15(12-13-19(20)31)23-21-22(25(33)30(24(21)32)18-11-7-6-10-17(18)28)27(29-23,26(34)36-2)16-8-4-3-5-9-16/h3-14,21-23,29,31H,1-2H3/t21-,22-,23+,27-/m0/s1. The number of anilines is 1. The number of rotatable bonds is 5. The highest BCUT2D eigenvalue weighted by molar-refractivity contribution is 6.24. The molecule has 2 aliphatic rings. The van der Waals surface area contributed by atoms with Crippen LogP contribution in [0.1, 0.15) is 17.2 Å². The predicted octanol–water partition coefficient (Wildman–Crippen LogP) is 3.06. The molecule has 2 heterocycles. The number of imide groups is 1. The van der Waals surface area contributed by atoms with Gasteiger partial charge in [0.15, 0.2) is 17.0 Å². The zero-order chi connectivity index (χ0) is 25.6. The van der Waals surface area contributed by atoms with Crippen LogP contribution in [0.5, 0.6) is 11.5 Å². The van der Waals surface area contributed by atoms with Crippen LogP contribution < -0.4 is 15.0 Å². The summed E-state index contributed by atoms with van der Waals surface area (Å²) >= 11 is 0. The van der Waals surface area contributed by atoms with Crippen molar-refractivity contribution in [2.45, 2.75) is 11.6 Å². The highest BCUT2D eigenvalue weighted by Crippen LogP contribution is 2.54. The Labute approximate surface area is 206 Å². The van der Waals surface area contributed by atoms with Crippen LogP contribution in [0.3, 0.4) is 0 Å². The largest absolute Gasteiger partial charge is 0.504 e. The Hall–Kier alpha value is -4.24. The van der Waals surface area contributed by atoms with Gasteiger partial charge in [-0.3, -0.25) is 14.9 Å². The number of nitrogens with zero attached hydrogens (tertiary/aromatic N) is 1. The molecule has 2 amide bonds. The molecular weight excluding hydrogens is 467 g/mol. The van der Waals surface area contributed by atoms with Crippen LogP contribution in [-0.2, 0) is 24.7 Å². The number of halogens is 1. The molecule has 5 rings (SSSR count). The van der Waals surface area contributed by atoms with E-state index in [0.717, 1.165) is 11.0 Å². The van der Waals surface area contributed by atoms with Crippen LogP contribution in [0.25, 0.3) is 0 Å². The lowest BCUT2D eigenvalue weighted by Gasteiger charge is -2.33. The Bertz CT molecular complexity index is 1360. The molecule has 184 valence electrons. The lowest BCUT2D eigenvalue weighted by atomic mass is 9.75. The van der Waals surface area contributed by atoms with E-state index in [1.165, 1.54) is 44.6 Å². The van der Waals surface area contributed by atoms with E-state index in [4.69, 9.17) is 9.47 Å². The van der Waals surface area contributed by atoms with Crippen molar-refractivity contribution in [1.82, 2.24) is 5.32 Å². The quantitative estimate of drug-likeness (QED) is 0.418. The second-order valence-electron chi connectivity index (χ2n) is 8.69. The first-order valence-corrected chi connectivity index (χ1v) is 11.3. The number of carbonyl (C=O) groups excluding carboxylic acids is 3. The van der Waals surface area contributed by atoms with E-state index < -0.39 is 47.0 Å². The van der Waals surface area contributed by atoms with Gasteiger partial charge < -0.3 is 14.6 Å². The molecule has 2 saturated heterocycles. The normalized spacial score (nSPS) is 25.1. The Kier molecular flexibility index (Phi) is 5.72. The number of amides is 2. The van der Waals surface area contributed by atoms with Crippen molar-refractivity contribution in [3.8, 4) is 11.5 Å². The monoisotopic (exact) mass is 490 g/mol. The highest BCUT2D eigenvalue weighted by atomic mass is 19.1. The Balaban J connectivity index is 1.75. The molecule has 0 aliphatic carbocycles. The van der Waals surface area contributed by atoms with Crippen LogP contribution in [0.15, 0.2) is 72.8 Å². The van der Waals surface area contributed by atoms with Crippen LogP contribution in [0.2, 0.25) is 0 Å². The first-order valence-electron chi connectivity index (χ1n) is 11.3. The van der Waals surface area contributed by atoms with Crippen molar-refractivity contribution in [2.24, 2.45) is 11.8 Å². The zero-order valence-corrected chi connectivity index (χ0v) is 19.5. The topological polar surface area (TPSA) is 105 Å². The second kappa shape index (κ2) is 8.76. The SMILES string of the molecule is COC(=O)[C@@]1(c2ccccc2)N[C@H](c2ccc(O)c(OC)c2)[C@H]2C(=O)N(c3ccccc3F)C(=O)[C@H]21. The smallest absolute Gasteiger partial charge is 0.331 e. The first-order chi connectivity index (χ1) is 17.3. The fourth-order valence-electron chi connectivity index (χ4n) is 5.38. The molecule has 2 N–H and O–H groups in total. The van der Waals surface area contributed by atoms with Gasteiger partial charge in [0, 0.05) is 6.04 Å². The van der Waals surface area contributed by atoms with E-state index >= 15 is 0 Å². The molecule has 9 heteroatoms. The molecule has 3 aromatic rings. The van der Waals surface area contributed by atoms with E-state index in [9.17, 15) is 23.9 Å². The van der Waals surface area contributed by atoms with Crippen LogP contribution in [-0.4, -0.2) is 37.1 Å². The molecule has 0 saturated carbocycles. The number of nitrogens with one attached hydrogen (secondary N) is 1. The number of hydrogen-bond donors (Lipinski definition) is 2. The van der Waals surface area contributed by atoms with Gasteiger partial charge in [-0.2, -0.15) is 0 Å². The van der Waals surface area contributed by atoms with Gasteiger partial charge in [-0.15, -0.1) is 0 Å². The number of benzene rings is 3. The fraction of sp³-hybridized carbons (Fsp3) is 0.222. The number of hydrogen-bond acceptors (Lipinski definition) is 7. The van der Waals surface area contributed by atoms with E-state index in [1.807, 2.05) is 0 Å². The maximum absolute atomic E-state index is 14.8. The minimum Gasteiger partial charge on any atom is -0.504 e. The van der Waals surface area contributed by atoms with Gasteiger partial charge >= 0.3 is 5.97 Å². The number of para-hydroxylation sites is 1. The molecule has 0 unspecified atom stereocenters. The van der Waals surface area contributed by atoms with E-state index in [-0.39, 0.29) is 17.2 Å². The number of methoxy groups -OCH3 is 2. The number of aromatic hydroxyl groups is 1. The summed E-state index contributed by atoms with van der Waals surface area (Å²) in [5, 5.41) is 13.3. The van der Waals surface area contributed by atoms with Gasteiger partial charge in [0.2, 0.25) is 11.8 Å². The van der Waals surface area contributed by atoms with Crippen LogP contribution >= 0.6 is 0 Å². The molecule has 4 atom stereocenters. The van der Waals surface area contributed by atoms with Gasteiger partial charge in [-0.1, -0.05) is 48.5 Å². The summed E-state index contributed by atoms with van der Waals surface area (Å²) in [6.07, 6.45) is 0. The van der Waals surface area contributed by atoms with Crippen molar-refractivity contribution >= 4 is 23.5 Å². The molecule has 0 radical (unpaired) electrons. The van der Waals surface area contributed by atoms with Crippen molar-refractivity contribution in [3.05, 3.63) is 89.7 Å². The van der Waals surface area contributed by atoms with Gasteiger partial charge in [0.25, 0.3) is 0 Å². The Morgan fingerprint density at radius 2 is 1.69 bits per heavy atom. The van der Waals surface area contributed by atoms with Crippen molar-refractivity contribution in [1.29, 1.82) is 0 Å². The van der Waals surface area contributed by atoms with Crippen LogP contribution in [0, 0.1) is 17.7 Å². The third kappa shape index (κ3) is 3.27. The van der Waals surface area contributed by atoms with Crippen LogP contribution in [0.4, 0.5) is 10.1 Å². The third-order valence-corrected chi connectivity index (χ3v) is 6.95. The van der Waals surface area contributed by atoms with Gasteiger partial charge in [-0.25, -0.2) is 14.1 Å². The van der Waals surface area contributed by atoms with Gasteiger partial charge in [0.1, 0.15) is 5.82 Å². The van der Waals surface area contributed by atoms with E-state index in [0.29, 0.717) is 11.1 Å². The summed E-state index contributed by atoms with van der Waals surface area (Å²) in [7, 11) is 2.59. The summed E-state index contributed by atoms with van der Waals surface area (Å²) in [6, 6.07) is 17.7. The fourth-order valence-corrected chi connectivity index (χ4v) is 5.38. The number of carbonyl (C=O) groups is 3. The molecule has 8 nitrogen and oxygen atoms in total. The minimum absolute atomic E-state index is 0.111. The van der Waals surface area contributed by atoms with Crippen molar-refractivity contribution in [2.75, 3.05) is 19.1 Å². The maximum atomic E-state index is 14.8. The minimum atomic E-state index is -1.73. The molecule has 0 bridgehead atoms. The summed E-state index contributed by atoms with van der Waals surface area (Å²) in [4.78, 5) is 42.1. The predicted molar refractivity (Wildman–Crippen MR) is 127 cm³/mol. The Morgan fingerprint density at radius 3 is 2.36 bits per heavy atom. The van der Waals surface area contributed by atoms with E-state index in [2.05, 4.69) is 5.32 Å². The summed E-state index contributed by atoms with van der Waals surface area (Å²) in [5.74, 6) is -5.13. The van der Waals surface area contributed by atoms with Gasteiger partial charge in [-0.05, 0) is 35.4 Å². The average molecular weight is 490 g/mol. The summed E-state index contributed by atoms with van der Waals surface area (Å²) in [5.41, 5.74) is -0.992. The molecule has 0 aromatic heterocycles. The van der Waals surface area contributed by atoms with Crippen molar-refractivity contribution < 1.29 is 33.4 Å². The molecule has 3 aromatic carbocycles. The highest BCUT2D eigenvalue weighted by Gasteiger charge is 2.70. The lowest BCUT2D eigenvalue weighted by molar-refractivity contribution is -0.152. The number of phenols is 1. The molecule has 36 heavy (non-hydrogen) atoms. The number of phenolic OH excluding ortho intramolecular Hbond substituents is 1. The number of fused-ring (bicyclic) bond motifs is 1. The summed E-state index contributed by atoms with van der Waals surface area (Å²) in [6.45, 7) is 0. The Morgan fingerprint density at radius 1 is 1.00 bits per heavy atom.